The van der Waals surface area contributed by atoms with Crippen molar-refractivity contribution in [1.29, 1.82) is 0 Å². The summed E-state index contributed by atoms with van der Waals surface area (Å²) in [6, 6.07) is 7.39. The van der Waals surface area contributed by atoms with Gasteiger partial charge in [-0.05, 0) is 24.6 Å². The lowest BCUT2D eigenvalue weighted by Crippen LogP contribution is -2.15. The second-order valence-electron chi connectivity index (χ2n) is 4.02. The fourth-order valence-corrected chi connectivity index (χ4v) is 1.93. The number of amides is 1. The standard InChI is InChI=1S/C13H10ClN3O3/c1-8-6-7-15-12(14)11(8)16-13(18)9-4-2-3-5-10(9)17(19)20/h2-7H,1H3,(H,16,18). The Hall–Kier alpha value is -2.47. The first-order chi connectivity index (χ1) is 9.50. The summed E-state index contributed by atoms with van der Waals surface area (Å²) in [5.74, 6) is -0.602. The molecule has 0 saturated carbocycles. The Morgan fingerprint density at radius 2 is 2.05 bits per heavy atom. The van der Waals surface area contributed by atoms with Gasteiger partial charge in [0.1, 0.15) is 5.56 Å². The predicted molar refractivity (Wildman–Crippen MR) is 75.0 cm³/mol. The maximum Gasteiger partial charge on any atom is 0.282 e. The van der Waals surface area contributed by atoms with Gasteiger partial charge in [-0.1, -0.05) is 23.7 Å². The van der Waals surface area contributed by atoms with Gasteiger partial charge in [-0.3, -0.25) is 14.9 Å². The van der Waals surface area contributed by atoms with Crippen LogP contribution in [0, 0.1) is 17.0 Å². The van der Waals surface area contributed by atoms with E-state index >= 15 is 0 Å². The average molecular weight is 292 g/mol. The molecule has 0 fully saturated rings. The summed E-state index contributed by atoms with van der Waals surface area (Å²) in [6.45, 7) is 1.75. The minimum absolute atomic E-state index is 0.0307. The van der Waals surface area contributed by atoms with Gasteiger partial charge in [-0.2, -0.15) is 0 Å². The zero-order chi connectivity index (χ0) is 14.7. The number of nitrogens with zero attached hydrogens (tertiary/aromatic N) is 2. The van der Waals surface area contributed by atoms with Crippen LogP contribution in [0.15, 0.2) is 36.5 Å². The molecular weight excluding hydrogens is 282 g/mol. The number of carbonyl (C=O) groups excluding carboxylic acids is 1. The van der Waals surface area contributed by atoms with E-state index in [9.17, 15) is 14.9 Å². The normalized spacial score (nSPS) is 10.1. The minimum Gasteiger partial charge on any atom is -0.319 e. The molecular formula is C13H10ClN3O3. The topological polar surface area (TPSA) is 85.1 Å². The molecule has 0 aliphatic carbocycles. The van der Waals surface area contributed by atoms with Crippen molar-refractivity contribution in [2.45, 2.75) is 6.92 Å². The van der Waals surface area contributed by atoms with Crippen molar-refractivity contribution < 1.29 is 9.72 Å². The van der Waals surface area contributed by atoms with E-state index in [1.54, 1.807) is 19.1 Å². The van der Waals surface area contributed by atoms with Gasteiger partial charge in [0.05, 0.1) is 10.6 Å². The zero-order valence-corrected chi connectivity index (χ0v) is 11.2. The number of hydrogen-bond donors (Lipinski definition) is 1. The molecule has 0 atom stereocenters. The summed E-state index contributed by atoms with van der Waals surface area (Å²) < 4.78 is 0. The summed E-state index contributed by atoms with van der Waals surface area (Å²) in [5, 5.41) is 13.6. The SMILES string of the molecule is Cc1ccnc(Cl)c1NC(=O)c1ccccc1[N+](=O)[O-]. The average Bonchev–Trinajstić information content (AvgIpc) is 2.43. The second kappa shape index (κ2) is 5.66. The highest BCUT2D eigenvalue weighted by Crippen LogP contribution is 2.25. The summed E-state index contributed by atoms with van der Waals surface area (Å²) in [7, 11) is 0. The molecule has 0 aliphatic heterocycles. The third kappa shape index (κ3) is 2.75. The maximum atomic E-state index is 12.1. The highest BCUT2D eigenvalue weighted by atomic mass is 35.5. The molecule has 2 aromatic rings. The van der Waals surface area contributed by atoms with Crippen LogP contribution in [0.2, 0.25) is 5.15 Å². The van der Waals surface area contributed by atoms with Crippen LogP contribution in [0.25, 0.3) is 0 Å². The summed E-state index contributed by atoms with van der Waals surface area (Å²) in [6.07, 6.45) is 1.51. The van der Waals surface area contributed by atoms with Crippen LogP contribution in [-0.2, 0) is 0 Å². The number of benzene rings is 1. The third-order valence-corrected chi connectivity index (χ3v) is 2.98. The van der Waals surface area contributed by atoms with Gasteiger partial charge < -0.3 is 5.32 Å². The molecule has 20 heavy (non-hydrogen) atoms. The van der Waals surface area contributed by atoms with E-state index in [1.165, 1.54) is 24.4 Å². The van der Waals surface area contributed by atoms with Crippen molar-refractivity contribution in [3.05, 3.63) is 62.9 Å². The Labute approximate surface area is 119 Å². The molecule has 0 saturated heterocycles. The number of nitro benzene ring substituents is 1. The number of carbonyl (C=O) groups is 1. The van der Waals surface area contributed by atoms with E-state index in [2.05, 4.69) is 10.3 Å². The van der Waals surface area contributed by atoms with Crippen LogP contribution in [0.4, 0.5) is 11.4 Å². The molecule has 102 valence electrons. The monoisotopic (exact) mass is 291 g/mol. The quantitative estimate of drug-likeness (QED) is 0.534. The van der Waals surface area contributed by atoms with Gasteiger partial charge in [0.2, 0.25) is 0 Å². The maximum absolute atomic E-state index is 12.1. The molecule has 7 heteroatoms. The van der Waals surface area contributed by atoms with E-state index in [0.29, 0.717) is 5.69 Å². The van der Waals surface area contributed by atoms with E-state index in [0.717, 1.165) is 5.56 Å². The van der Waals surface area contributed by atoms with E-state index in [4.69, 9.17) is 11.6 Å². The lowest BCUT2D eigenvalue weighted by atomic mass is 10.1. The third-order valence-electron chi connectivity index (χ3n) is 2.70. The summed E-state index contributed by atoms with van der Waals surface area (Å²) in [4.78, 5) is 26.3. The minimum atomic E-state index is -0.605. The fraction of sp³-hybridized carbons (Fsp3) is 0.0769. The molecule has 0 bridgehead atoms. The molecule has 1 aromatic carbocycles. The number of rotatable bonds is 3. The second-order valence-corrected chi connectivity index (χ2v) is 4.38. The van der Waals surface area contributed by atoms with Crippen molar-refractivity contribution in [2.24, 2.45) is 0 Å². The van der Waals surface area contributed by atoms with Crippen LogP contribution in [0.3, 0.4) is 0 Å². The lowest BCUT2D eigenvalue weighted by molar-refractivity contribution is -0.385. The zero-order valence-electron chi connectivity index (χ0n) is 10.5. The summed E-state index contributed by atoms with van der Waals surface area (Å²) in [5.41, 5.74) is 0.772. The molecule has 2 rings (SSSR count). The van der Waals surface area contributed by atoms with Gasteiger partial charge in [0.15, 0.2) is 5.15 Å². The Kier molecular flexibility index (Phi) is 3.95. The van der Waals surface area contributed by atoms with E-state index in [-0.39, 0.29) is 16.4 Å². The van der Waals surface area contributed by atoms with E-state index in [1.807, 2.05) is 0 Å². The van der Waals surface area contributed by atoms with Crippen molar-refractivity contribution in [3.8, 4) is 0 Å². The van der Waals surface area contributed by atoms with Crippen LogP contribution < -0.4 is 5.32 Å². The van der Waals surface area contributed by atoms with E-state index < -0.39 is 10.8 Å². The number of aryl methyl sites for hydroxylation is 1. The Morgan fingerprint density at radius 3 is 2.70 bits per heavy atom. The van der Waals surface area contributed by atoms with Gasteiger partial charge in [-0.25, -0.2) is 4.98 Å². The number of para-hydroxylation sites is 1. The van der Waals surface area contributed by atoms with Crippen LogP contribution in [0.5, 0.6) is 0 Å². The molecule has 1 heterocycles. The van der Waals surface area contributed by atoms with Crippen molar-refractivity contribution in [2.75, 3.05) is 5.32 Å². The molecule has 0 spiro atoms. The number of halogens is 1. The number of pyridine rings is 1. The highest BCUT2D eigenvalue weighted by molar-refractivity contribution is 6.33. The number of hydrogen-bond acceptors (Lipinski definition) is 4. The molecule has 0 radical (unpaired) electrons. The Morgan fingerprint density at radius 1 is 1.35 bits per heavy atom. The Bertz CT molecular complexity index is 668. The van der Waals surface area contributed by atoms with Gasteiger partial charge >= 0.3 is 0 Å². The van der Waals surface area contributed by atoms with Gasteiger partial charge in [0.25, 0.3) is 11.6 Å². The molecule has 0 aliphatic rings. The summed E-state index contributed by atoms with van der Waals surface area (Å²) >= 11 is 5.90. The smallest absolute Gasteiger partial charge is 0.282 e. The predicted octanol–water partition coefficient (Wildman–Crippen LogP) is 3.20. The van der Waals surface area contributed by atoms with Gasteiger partial charge in [-0.15, -0.1) is 0 Å². The first-order valence-electron chi connectivity index (χ1n) is 5.66. The molecule has 0 unspecified atom stereocenters. The molecule has 1 aromatic heterocycles. The van der Waals surface area contributed by atoms with Gasteiger partial charge in [0, 0.05) is 12.3 Å². The van der Waals surface area contributed by atoms with Crippen LogP contribution in [-0.4, -0.2) is 15.8 Å². The number of aromatic nitrogens is 1. The van der Waals surface area contributed by atoms with Crippen molar-refractivity contribution in [3.63, 3.8) is 0 Å². The van der Waals surface area contributed by atoms with Crippen molar-refractivity contribution >= 4 is 28.9 Å². The highest BCUT2D eigenvalue weighted by Gasteiger charge is 2.20. The molecule has 1 N–H and O–H groups in total. The largest absolute Gasteiger partial charge is 0.319 e. The van der Waals surface area contributed by atoms with Crippen LogP contribution >= 0.6 is 11.6 Å². The first-order valence-corrected chi connectivity index (χ1v) is 6.04. The number of nitro groups is 1. The first kappa shape index (κ1) is 14.0. The van der Waals surface area contributed by atoms with Crippen molar-refractivity contribution in [1.82, 2.24) is 4.98 Å². The number of anilines is 1. The lowest BCUT2D eigenvalue weighted by Gasteiger charge is -2.09. The number of nitrogens with one attached hydrogen (secondary N) is 1. The fourth-order valence-electron chi connectivity index (χ4n) is 1.68. The Balaban J connectivity index is 2.36. The van der Waals surface area contributed by atoms with Crippen LogP contribution in [0.1, 0.15) is 15.9 Å². The molecule has 1 amide bonds. The molecule has 6 nitrogen and oxygen atoms in total.